The lowest BCUT2D eigenvalue weighted by molar-refractivity contribution is -0.144. The van der Waals surface area contributed by atoms with Gasteiger partial charge in [0.25, 0.3) is 0 Å². The number of carboxylic acid groups (broad SMARTS) is 1. The molecular weight excluding hydrogens is 222 g/mol. The SMILES string of the molecule is CNCCN(C)C(=O)N1CC(C(C)C(=O)O)C1. The van der Waals surface area contributed by atoms with Crippen molar-refractivity contribution in [1.82, 2.24) is 15.1 Å². The van der Waals surface area contributed by atoms with E-state index < -0.39 is 5.97 Å². The number of aliphatic carboxylic acids is 1. The van der Waals surface area contributed by atoms with E-state index in [2.05, 4.69) is 5.32 Å². The number of carbonyl (C=O) groups excluding carboxylic acids is 1. The topological polar surface area (TPSA) is 72.9 Å². The minimum atomic E-state index is -0.786. The molecule has 1 rings (SSSR count). The summed E-state index contributed by atoms with van der Waals surface area (Å²) in [5.41, 5.74) is 0. The summed E-state index contributed by atoms with van der Waals surface area (Å²) in [6, 6.07) is -0.0194. The highest BCUT2D eigenvalue weighted by molar-refractivity contribution is 5.76. The molecule has 1 fully saturated rings. The molecule has 6 heteroatoms. The van der Waals surface area contributed by atoms with Gasteiger partial charge in [-0.15, -0.1) is 0 Å². The molecule has 17 heavy (non-hydrogen) atoms. The van der Waals surface area contributed by atoms with E-state index in [-0.39, 0.29) is 17.9 Å². The third kappa shape index (κ3) is 3.33. The van der Waals surface area contributed by atoms with Crippen LogP contribution in [0.4, 0.5) is 4.79 Å². The van der Waals surface area contributed by atoms with Crippen molar-refractivity contribution in [1.29, 1.82) is 0 Å². The second-order valence-corrected chi connectivity index (χ2v) is 4.60. The van der Waals surface area contributed by atoms with Gasteiger partial charge < -0.3 is 20.2 Å². The van der Waals surface area contributed by atoms with Gasteiger partial charge >= 0.3 is 12.0 Å². The minimum Gasteiger partial charge on any atom is -0.481 e. The molecule has 98 valence electrons. The molecule has 1 aliphatic heterocycles. The first-order valence-electron chi connectivity index (χ1n) is 5.84. The van der Waals surface area contributed by atoms with Crippen LogP contribution in [0.2, 0.25) is 0 Å². The molecule has 1 saturated heterocycles. The number of hydrogen-bond acceptors (Lipinski definition) is 3. The molecule has 0 aliphatic carbocycles. The zero-order chi connectivity index (χ0) is 13.0. The maximum atomic E-state index is 11.8. The lowest BCUT2D eigenvalue weighted by Gasteiger charge is -2.42. The lowest BCUT2D eigenvalue weighted by Crippen LogP contribution is -2.57. The number of hydrogen-bond donors (Lipinski definition) is 2. The monoisotopic (exact) mass is 243 g/mol. The highest BCUT2D eigenvalue weighted by atomic mass is 16.4. The highest BCUT2D eigenvalue weighted by Gasteiger charge is 2.37. The molecule has 0 spiro atoms. The third-order valence-corrected chi connectivity index (χ3v) is 3.30. The van der Waals surface area contributed by atoms with Gasteiger partial charge in [0.1, 0.15) is 0 Å². The van der Waals surface area contributed by atoms with Gasteiger partial charge in [-0.2, -0.15) is 0 Å². The number of likely N-dealkylation sites (tertiary alicyclic amines) is 1. The van der Waals surface area contributed by atoms with Crippen molar-refractivity contribution >= 4 is 12.0 Å². The van der Waals surface area contributed by atoms with Crippen molar-refractivity contribution < 1.29 is 14.7 Å². The Kier molecular flexibility index (Phi) is 4.74. The highest BCUT2D eigenvalue weighted by Crippen LogP contribution is 2.24. The van der Waals surface area contributed by atoms with Crippen molar-refractivity contribution in [2.24, 2.45) is 11.8 Å². The second kappa shape index (κ2) is 5.86. The molecule has 0 aromatic rings. The normalized spacial score (nSPS) is 17.5. The second-order valence-electron chi connectivity index (χ2n) is 4.60. The van der Waals surface area contributed by atoms with Crippen molar-refractivity contribution in [2.75, 3.05) is 40.3 Å². The van der Waals surface area contributed by atoms with Gasteiger partial charge in [-0.25, -0.2) is 4.79 Å². The Labute approximate surface area is 102 Å². The van der Waals surface area contributed by atoms with Gasteiger partial charge in [-0.1, -0.05) is 6.92 Å². The van der Waals surface area contributed by atoms with E-state index in [9.17, 15) is 9.59 Å². The number of nitrogens with one attached hydrogen (secondary N) is 1. The maximum Gasteiger partial charge on any atom is 0.319 e. The van der Waals surface area contributed by atoms with Crippen molar-refractivity contribution in [3.63, 3.8) is 0 Å². The van der Waals surface area contributed by atoms with Crippen molar-refractivity contribution in [3.05, 3.63) is 0 Å². The van der Waals surface area contributed by atoms with E-state index >= 15 is 0 Å². The molecule has 0 saturated carbocycles. The Bertz CT molecular complexity index is 290. The summed E-state index contributed by atoms with van der Waals surface area (Å²) < 4.78 is 0. The van der Waals surface area contributed by atoms with Crippen LogP contribution in [0.25, 0.3) is 0 Å². The molecule has 1 unspecified atom stereocenters. The van der Waals surface area contributed by atoms with Gasteiger partial charge in [0.2, 0.25) is 0 Å². The smallest absolute Gasteiger partial charge is 0.319 e. The summed E-state index contributed by atoms with van der Waals surface area (Å²) in [5.74, 6) is -1.07. The Morgan fingerprint density at radius 2 is 2.12 bits per heavy atom. The average molecular weight is 243 g/mol. The molecule has 2 N–H and O–H groups in total. The fraction of sp³-hybridized carbons (Fsp3) is 0.818. The van der Waals surface area contributed by atoms with Crippen LogP contribution in [0.3, 0.4) is 0 Å². The molecule has 0 radical (unpaired) electrons. The standard InChI is InChI=1S/C11H21N3O3/c1-8(10(15)16)9-6-14(7-9)11(17)13(3)5-4-12-2/h8-9,12H,4-7H2,1-3H3,(H,15,16). The Morgan fingerprint density at radius 3 is 2.59 bits per heavy atom. The van der Waals surface area contributed by atoms with Crippen molar-refractivity contribution in [2.45, 2.75) is 6.92 Å². The van der Waals surface area contributed by atoms with Crippen LogP contribution in [-0.4, -0.2) is 67.2 Å². The van der Waals surface area contributed by atoms with E-state index in [1.807, 2.05) is 7.05 Å². The first kappa shape index (κ1) is 13.8. The maximum absolute atomic E-state index is 11.8. The number of amides is 2. The third-order valence-electron chi connectivity index (χ3n) is 3.30. The summed E-state index contributed by atoms with van der Waals surface area (Å²) in [4.78, 5) is 26.0. The van der Waals surface area contributed by atoms with Crippen LogP contribution in [0.5, 0.6) is 0 Å². The summed E-state index contributed by atoms with van der Waals surface area (Å²) in [7, 11) is 3.60. The van der Waals surface area contributed by atoms with E-state index in [1.165, 1.54) is 0 Å². The molecule has 1 heterocycles. The number of urea groups is 1. The fourth-order valence-electron chi connectivity index (χ4n) is 1.80. The molecule has 2 amide bonds. The van der Waals surface area contributed by atoms with E-state index in [0.717, 1.165) is 6.54 Å². The first-order valence-corrected chi connectivity index (χ1v) is 5.84. The molecule has 1 atom stereocenters. The first-order chi connectivity index (χ1) is 7.97. The van der Waals surface area contributed by atoms with Gasteiger partial charge in [0.05, 0.1) is 5.92 Å². The quantitative estimate of drug-likeness (QED) is 0.708. The Balaban J connectivity index is 2.32. The van der Waals surface area contributed by atoms with E-state index in [4.69, 9.17) is 5.11 Å². The van der Waals surface area contributed by atoms with Gasteiger partial charge in [0, 0.05) is 39.1 Å². The van der Waals surface area contributed by atoms with Crippen LogP contribution < -0.4 is 5.32 Å². The van der Waals surface area contributed by atoms with Crippen LogP contribution in [0.1, 0.15) is 6.92 Å². The number of rotatable bonds is 5. The summed E-state index contributed by atoms with van der Waals surface area (Å²) in [6.07, 6.45) is 0. The summed E-state index contributed by atoms with van der Waals surface area (Å²) >= 11 is 0. The van der Waals surface area contributed by atoms with Gasteiger partial charge in [-0.3, -0.25) is 4.79 Å². The molecule has 1 aliphatic rings. The van der Waals surface area contributed by atoms with Gasteiger partial charge in [-0.05, 0) is 7.05 Å². The van der Waals surface area contributed by atoms with Crippen molar-refractivity contribution in [3.8, 4) is 0 Å². The van der Waals surface area contributed by atoms with Crippen LogP contribution in [0, 0.1) is 11.8 Å². The zero-order valence-electron chi connectivity index (χ0n) is 10.6. The van der Waals surface area contributed by atoms with E-state index in [1.54, 1.807) is 23.8 Å². The molecule has 6 nitrogen and oxygen atoms in total. The van der Waals surface area contributed by atoms with E-state index in [0.29, 0.717) is 19.6 Å². The predicted molar refractivity (Wildman–Crippen MR) is 63.8 cm³/mol. The number of carboxylic acids is 1. The van der Waals surface area contributed by atoms with Crippen LogP contribution in [-0.2, 0) is 4.79 Å². The number of carbonyl (C=O) groups is 2. The summed E-state index contributed by atoms with van der Waals surface area (Å²) in [6.45, 7) is 4.21. The number of nitrogens with zero attached hydrogens (tertiary/aromatic N) is 2. The Morgan fingerprint density at radius 1 is 1.53 bits per heavy atom. The van der Waals surface area contributed by atoms with Crippen LogP contribution in [0.15, 0.2) is 0 Å². The average Bonchev–Trinajstić information content (AvgIpc) is 2.23. The zero-order valence-corrected chi connectivity index (χ0v) is 10.6. The predicted octanol–water partition coefficient (Wildman–Crippen LogP) is -0.0899. The molecule has 0 aromatic heterocycles. The molecule has 0 aromatic carbocycles. The minimum absolute atomic E-state index is 0.0194. The lowest BCUT2D eigenvalue weighted by atomic mass is 9.87. The molecular formula is C11H21N3O3. The number of likely N-dealkylation sites (N-methyl/N-ethyl adjacent to an activating group) is 2. The van der Waals surface area contributed by atoms with Crippen LogP contribution >= 0.6 is 0 Å². The Hall–Kier alpha value is -1.30. The fourth-order valence-corrected chi connectivity index (χ4v) is 1.80. The van der Waals surface area contributed by atoms with Gasteiger partial charge in [0.15, 0.2) is 0 Å². The largest absolute Gasteiger partial charge is 0.481 e. The molecule has 0 bridgehead atoms. The summed E-state index contributed by atoms with van der Waals surface area (Å²) in [5, 5.41) is 11.8.